The summed E-state index contributed by atoms with van der Waals surface area (Å²) in [6.07, 6.45) is 4.51. The van der Waals surface area contributed by atoms with Gasteiger partial charge in [0.25, 0.3) is 5.56 Å². The van der Waals surface area contributed by atoms with Crippen LogP contribution in [0.2, 0.25) is 0 Å². The summed E-state index contributed by atoms with van der Waals surface area (Å²) < 4.78 is 1.93. The van der Waals surface area contributed by atoms with Crippen molar-refractivity contribution in [1.82, 2.24) is 19.8 Å². The third kappa shape index (κ3) is 3.52. The van der Waals surface area contributed by atoms with Gasteiger partial charge >= 0.3 is 0 Å². The lowest BCUT2D eigenvalue weighted by Gasteiger charge is -2.37. The first kappa shape index (κ1) is 19.6. The minimum absolute atomic E-state index is 0.154. The number of aryl methyl sites for hydroxylation is 2. The van der Waals surface area contributed by atoms with Gasteiger partial charge in [-0.2, -0.15) is 0 Å². The predicted octanol–water partition coefficient (Wildman–Crippen LogP) is 2.62. The number of thiocarbonyl (C=S) groups is 1. The first-order valence-corrected chi connectivity index (χ1v) is 11.5. The van der Waals surface area contributed by atoms with E-state index in [1.54, 1.807) is 11.3 Å². The van der Waals surface area contributed by atoms with Crippen molar-refractivity contribution >= 4 is 44.8 Å². The number of nitrogens with zero attached hydrogens (tertiary/aromatic N) is 4. The topological polar surface area (TPSA) is 53.4 Å². The van der Waals surface area contributed by atoms with Gasteiger partial charge in [0.05, 0.1) is 5.39 Å². The molecule has 6 nitrogen and oxygen atoms in total. The maximum atomic E-state index is 13.5. The van der Waals surface area contributed by atoms with Crippen LogP contribution in [0.3, 0.4) is 0 Å². The molecule has 0 saturated carbocycles. The van der Waals surface area contributed by atoms with E-state index in [1.807, 2.05) is 11.6 Å². The van der Waals surface area contributed by atoms with Crippen molar-refractivity contribution in [3.8, 4) is 0 Å². The molecule has 1 fully saturated rings. The van der Waals surface area contributed by atoms with Crippen molar-refractivity contribution in [3.63, 3.8) is 0 Å². The molecule has 0 atom stereocenters. The van der Waals surface area contributed by atoms with Crippen LogP contribution in [0.5, 0.6) is 0 Å². The monoisotopic (exact) mass is 419 g/mol. The Morgan fingerprint density at radius 3 is 2.61 bits per heavy atom. The van der Waals surface area contributed by atoms with E-state index in [9.17, 15) is 4.79 Å². The highest BCUT2D eigenvalue weighted by Crippen LogP contribution is 2.34. The van der Waals surface area contributed by atoms with Gasteiger partial charge in [0.1, 0.15) is 4.83 Å². The molecular formula is C20H29N5OS2. The summed E-state index contributed by atoms with van der Waals surface area (Å²) >= 11 is 7.11. The van der Waals surface area contributed by atoms with Gasteiger partial charge in [-0.15, -0.1) is 11.3 Å². The molecule has 0 radical (unpaired) electrons. The second-order valence-electron chi connectivity index (χ2n) is 8.14. The molecule has 0 spiro atoms. The van der Waals surface area contributed by atoms with Gasteiger partial charge in [-0.1, -0.05) is 13.8 Å². The summed E-state index contributed by atoms with van der Waals surface area (Å²) in [6.45, 7) is 8.36. The quantitative estimate of drug-likeness (QED) is 0.772. The Morgan fingerprint density at radius 2 is 1.93 bits per heavy atom. The van der Waals surface area contributed by atoms with Crippen molar-refractivity contribution in [3.05, 3.63) is 20.8 Å². The SMILES string of the molecule is CNC(=S)N1CCN(c2nc3sc4c(c3c(=O)n2CC(C)C)CCCC4)CC1. The van der Waals surface area contributed by atoms with Crippen LogP contribution in [-0.2, 0) is 19.4 Å². The lowest BCUT2D eigenvalue weighted by molar-refractivity contribution is 0.375. The minimum atomic E-state index is 0.154. The summed E-state index contributed by atoms with van der Waals surface area (Å²) in [5.74, 6) is 1.23. The molecule has 4 rings (SSSR count). The number of aromatic nitrogens is 2. The molecule has 1 aliphatic carbocycles. The molecule has 0 amide bonds. The Labute approximate surface area is 175 Å². The number of hydrogen-bond acceptors (Lipinski definition) is 5. The van der Waals surface area contributed by atoms with Crippen LogP contribution < -0.4 is 15.8 Å². The molecule has 2 aromatic heterocycles. The summed E-state index contributed by atoms with van der Waals surface area (Å²) in [5.41, 5.74) is 1.43. The average Bonchev–Trinajstić information content (AvgIpc) is 3.08. The van der Waals surface area contributed by atoms with Crippen LogP contribution in [0, 0.1) is 5.92 Å². The van der Waals surface area contributed by atoms with Crippen LogP contribution in [-0.4, -0.2) is 52.8 Å². The summed E-state index contributed by atoms with van der Waals surface area (Å²) in [7, 11) is 1.86. The third-order valence-electron chi connectivity index (χ3n) is 5.67. The number of fused-ring (bicyclic) bond motifs is 3. The molecule has 1 saturated heterocycles. The van der Waals surface area contributed by atoms with E-state index in [1.165, 1.54) is 23.3 Å². The molecule has 2 aliphatic rings. The maximum absolute atomic E-state index is 13.5. The Kier molecular flexibility index (Phi) is 5.60. The van der Waals surface area contributed by atoms with Crippen LogP contribution in [0.1, 0.15) is 37.1 Å². The van der Waals surface area contributed by atoms with E-state index >= 15 is 0 Å². The molecule has 0 unspecified atom stereocenters. The summed E-state index contributed by atoms with van der Waals surface area (Å²) in [4.78, 5) is 25.3. The largest absolute Gasteiger partial charge is 0.366 e. The molecule has 152 valence electrons. The highest BCUT2D eigenvalue weighted by molar-refractivity contribution is 7.80. The highest BCUT2D eigenvalue weighted by Gasteiger charge is 2.26. The lowest BCUT2D eigenvalue weighted by Crippen LogP contribution is -2.52. The fraction of sp³-hybridized carbons (Fsp3) is 0.650. The predicted molar refractivity (Wildman–Crippen MR) is 121 cm³/mol. The van der Waals surface area contributed by atoms with E-state index in [0.29, 0.717) is 12.5 Å². The van der Waals surface area contributed by atoms with Gasteiger partial charge in [0.15, 0.2) is 5.11 Å². The van der Waals surface area contributed by atoms with Crippen LogP contribution in [0.25, 0.3) is 10.2 Å². The van der Waals surface area contributed by atoms with Gasteiger partial charge in [0, 0.05) is 44.6 Å². The van der Waals surface area contributed by atoms with E-state index < -0.39 is 0 Å². The van der Waals surface area contributed by atoms with E-state index in [2.05, 4.69) is 29.0 Å². The van der Waals surface area contributed by atoms with Gasteiger partial charge in [-0.05, 0) is 49.4 Å². The summed E-state index contributed by atoms with van der Waals surface area (Å²) in [6, 6.07) is 0. The van der Waals surface area contributed by atoms with Crippen molar-refractivity contribution < 1.29 is 0 Å². The van der Waals surface area contributed by atoms with Crippen molar-refractivity contribution in [2.75, 3.05) is 38.1 Å². The molecule has 1 aliphatic heterocycles. The summed E-state index contributed by atoms with van der Waals surface area (Å²) in [5, 5.41) is 4.73. The number of rotatable bonds is 3. The molecule has 0 aromatic carbocycles. The van der Waals surface area contributed by atoms with Crippen LogP contribution in [0.4, 0.5) is 5.95 Å². The van der Waals surface area contributed by atoms with Crippen LogP contribution in [0.15, 0.2) is 4.79 Å². The number of hydrogen-bond donors (Lipinski definition) is 1. The first-order chi connectivity index (χ1) is 13.5. The number of piperazine rings is 1. The zero-order valence-corrected chi connectivity index (χ0v) is 18.6. The Morgan fingerprint density at radius 1 is 1.21 bits per heavy atom. The molecular weight excluding hydrogens is 390 g/mol. The van der Waals surface area contributed by atoms with E-state index in [0.717, 1.165) is 60.3 Å². The second kappa shape index (κ2) is 7.99. The maximum Gasteiger partial charge on any atom is 0.263 e. The fourth-order valence-electron chi connectivity index (χ4n) is 4.27. The van der Waals surface area contributed by atoms with Gasteiger partial charge < -0.3 is 15.1 Å². The third-order valence-corrected chi connectivity index (χ3v) is 7.31. The zero-order valence-electron chi connectivity index (χ0n) is 17.0. The second-order valence-corrected chi connectivity index (χ2v) is 9.61. The number of thiophene rings is 1. The lowest BCUT2D eigenvalue weighted by atomic mass is 9.97. The van der Waals surface area contributed by atoms with Crippen molar-refractivity contribution in [1.29, 1.82) is 0 Å². The highest BCUT2D eigenvalue weighted by atomic mass is 32.1. The van der Waals surface area contributed by atoms with Crippen molar-refractivity contribution in [2.24, 2.45) is 5.92 Å². The van der Waals surface area contributed by atoms with Gasteiger partial charge in [0.2, 0.25) is 5.95 Å². The molecule has 8 heteroatoms. The minimum Gasteiger partial charge on any atom is -0.366 e. The molecule has 28 heavy (non-hydrogen) atoms. The Hall–Kier alpha value is -1.67. The molecule has 2 aromatic rings. The van der Waals surface area contributed by atoms with Gasteiger partial charge in [-0.3, -0.25) is 9.36 Å². The van der Waals surface area contributed by atoms with Gasteiger partial charge in [-0.25, -0.2) is 4.98 Å². The number of nitrogens with one attached hydrogen (secondary N) is 1. The molecule has 1 N–H and O–H groups in total. The smallest absolute Gasteiger partial charge is 0.263 e. The Bertz CT molecular complexity index is 940. The van der Waals surface area contributed by atoms with Crippen LogP contribution >= 0.6 is 23.6 Å². The Balaban J connectivity index is 1.75. The standard InChI is InChI=1S/C20H29N5OS2/c1-13(2)12-25-18(26)16-14-6-4-5-7-15(14)28-17(16)22-19(25)23-8-10-24(11-9-23)20(27)21-3/h13H,4-12H2,1-3H3,(H,21,27). The first-order valence-electron chi connectivity index (χ1n) is 10.3. The fourth-order valence-corrected chi connectivity index (χ4v) is 5.70. The molecule has 3 heterocycles. The van der Waals surface area contributed by atoms with Crippen molar-refractivity contribution in [2.45, 2.75) is 46.1 Å². The van der Waals surface area contributed by atoms with E-state index in [-0.39, 0.29) is 5.56 Å². The normalized spacial score (nSPS) is 17.3. The molecule has 0 bridgehead atoms. The zero-order chi connectivity index (χ0) is 19.8. The van der Waals surface area contributed by atoms with E-state index in [4.69, 9.17) is 17.2 Å². The average molecular weight is 420 g/mol. The number of anilines is 1.